The second-order valence-corrected chi connectivity index (χ2v) is 10.5. The summed E-state index contributed by atoms with van der Waals surface area (Å²) < 4.78 is 14.8. The highest BCUT2D eigenvalue weighted by Gasteiger charge is 2.34. The first-order valence-electron chi connectivity index (χ1n) is 7.83. The second-order valence-electron chi connectivity index (χ2n) is 5.47. The zero-order valence-electron chi connectivity index (χ0n) is 13.6. The van der Waals surface area contributed by atoms with Crippen molar-refractivity contribution in [3.8, 4) is 5.40 Å². The quantitative estimate of drug-likeness (QED) is 0.393. The van der Waals surface area contributed by atoms with E-state index >= 15 is 0 Å². The highest BCUT2D eigenvalue weighted by Crippen LogP contribution is 2.63. The van der Waals surface area contributed by atoms with E-state index in [1.165, 1.54) is 0 Å². The molecule has 0 saturated heterocycles. The number of thiocyanates is 1. The Morgan fingerprint density at radius 1 is 0.800 bits per heavy atom. The largest absolute Gasteiger partial charge is 0.308 e. The molecule has 1 atom stereocenters. The number of nitrogens with zero attached hydrogens (tertiary/aromatic N) is 1. The molecular formula is C21H18NOPS. The number of hydrogen-bond acceptors (Lipinski definition) is 2. The van der Waals surface area contributed by atoms with Crippen LogP contribution in [0.1, 0.15) is 0 Å². The molecule has 3 aromatic carbocycles. The summed E-state index contributed by atoms with van der Waals surface area (Å²) in [6, 6.07) is 28.2. The molecular weight excluding hydrogens is 345 g/mol. The Bertz CT molecular complexity index is 906. The Hall–Kier alpha value is -2.53. The van der Waals surface area contributed by atoms with Crippen molar-refractivity contribution in [1.29, 1.82) is 5.26 Å². The molecule has 0 fully saturated rings. The number of rotatable bonds is 5. The maximum absolute atomic E-state index is 14.3. The third-order valence-corrected chi connectivity index (χ3v) is 9.73. The summed E-state index contributed by atoms with van der Waals surface area (Å²) in [5.41, 5.74) is 0. The standard InChI is InChI=1S/C21H18NOPS/c1-18(25(17-22)21-15-9-4-10-16-21)24(23,19-11-5-2-6-12-19)20-13-7-3-8-14-20/h2-16,25H,1H2. The van der Waals surface area contributed by atoms with Crippen molar-refractivity contribution in [2.45, 2.75) is 4.90 Å². The van der Waals surface area contributed by atoms with E-state index in [9.17, 15) is 9.83 Å². The van der Waals surface area contributed by atoms with Gasteiger partial charge < -0.3 is 4.57 Å². The molecule has 1 unspecified atom stereocenters. The molecule has 0 amide bonds. The first kappa shape index (κ1) is 17.3. The third-order valence-electron chi connectivity index (χ3n) is 3.98. The first-order chi connectivity index (χ1) is 12.2. The lowest BCUT2D eigenvalue weighted by Crippen LogP contribution is -2.17. The highest BCUT2D eigenvalue weighted by molar-refractivity contribution is 8.30. The molecule has 3 rings (SSSR count). The Labute approximate surface area is 151 Å². The van der Waals surface area contributed by atoms with Gasteiger partial charge in [0.15, 0.2) is 7.14 Å². The normalized spacial score (nSPS) is 12.8. The Kier molecular flexibility index (Phi) is 5.24. The minimum Gasteiger partial charge on any atom is -0.308 e. The number of nitriles is 1. The summed E-state index contributed by atoms with van der Waals surface area (Å²) in [5.74, 6) is 0. The van der Waals surface area contributed by atoms with Crippen LogP contribution in [0.2, 0.25) is 0 Å². The molecule has 0 aromatic heterocycles. The minimum absolute atomic E-state index is 0.508. The fraction of sp³-hybridized carbons (Fsp3) is 0. The predicted molar refractivity (Wildman–Crippen MR) is 108 cm³/mol. The molecule has 3 aromatic rings. The van der Waals surface area contributed by atoms with Gasteiger partial charge in [-0.1, -0.05) is 85.4 Å². The van der Waals surface area contributed by atoms with Crippen LogP contribution in [-0.4, -0.2) is 0 Å². The van der Waals surface area contributed by atoms with Gasteiger partial charge in [-0.05, 0) is 12.1 Å². The van der Waals surface area contributed by atoms with E-state index in [4.69, 9.17) is 0 Å². The van der Waals surface area contributed by atoms with Gasteiger partial charge in [0.2, 0.25) is 0 Å². The molecule has 0 spiro atoms. The van der Waals surface area contributed by atoms with E-state index < -0.39 is 18.0 Å². The van der Waals surface area contributed by atoms with Crippen LogP contribution >= 0.6 is 18.0 Å². The maximum atomic E-state index is 14.3. The van der Waals surface area contributed by atoms with Crippen molar-refractivity contribution >= 4 is 28.6 Å². The summed E-state index contributed by atoms with van der Waals surface area (Å²) >= 11 is 0. The summed E-state index contributed by atoms with van der Waals surface area (Å²) in [5, 5.41) is 13.6. The Morgan fingerprint density at radius 3 is 1.60 bits per heavy atom. The van der Waals surface area contributed by atoms with Gasteiger partial charge in [-0.15, -0.1) is 10.9 Å². The van der Waals surface area contributed by atoms with Crippen LogP contribution in [0.15, 0.2) is 107 Å². The smallest absolute Gasteiger partial charge is 0.175 e. The van der Waals surface area contributed by atoms with Gasteiger partial charge >= 0.3 is 0 Å². The number of hydrogen-bond donors (Lipinski definition) is 1. The number of benzene rings is 3. The van der Waals surface area contributed by atoms with Gasteiger partial charge in [0.25, 0.3) is 0 Å². The van der Waals surface area contributed by atoms with Crippen LogP contribution in [0.4, 0.5) is 0 Å². The number of thiol groups is 1. The van der Waals surface area contributed by atoms with Gasteiger partial charge in [0, 0.05) is 20.2 Å². The molecule has 0 aliphatic carbocycles. The highest BCUT2D eigenvalue weighted by atomic mass is 32.2. The molecule has 0 bridgehead atoms. The van der Waals surface area contributed by atoms with Crippen molar-refractivity contribution in [2.24, 2.45) is 0 Å². The zero-order valence-corrected chi connectivity index (χ0v) is 15.4. The molecule has 0 N–H and O–H groups in total. The first-order valence-corrected chi connectivity index (χ1v) is 10.9. The van der Waals surface area contributed by atoms with Crippen LogP contribution in [0.25, 0.3) is 0 Å². The van der Waals surface area contributed by atoms with Crippen LogP contribution in [0.5, 0.6) is 0 Å². The van der Waals surface area contributed by atoms with E-state index in [1.54, 1.807) is 0 Å². The van der Waals surface area contributed by atoms with E-state index in [2.05, 4.69) is 12.0 Å². The van der Waals surface area contributed by atoms with Crippen LogP contribution < -0.4 is 10.6 Å². The van der Waals surface area contributed by atoms with Crippen molar-refractivity contribution in [3.05, 3.63) is 102 Å². The summed E-state index contributed by atoms with van der Waals surface area (Å²) in [6.45, 7) is 4.17. The SMILES string of the molecule is C=C([SH](C#N)c1ccccc1)P(=O)(c1ccccc1)c1ccccc1. The average Bonchev–Trinajstić information content (AvgIpc) is 2.70. The zero-order chi connectivity index (χ0) is 17.7. The Balaban J connectivity index is 2.18. The Morgan fingerprint density at radius 2 is 1.20 bits per heavy atom. The molecule has 4 heteroatoms. The van der Waals surface area contributed by atoms with Crippen LogP contribution in [0.3, 0.4) is 0 Å². The summed E-state index contributed by atoms with van der Waals surface area (Å²) in [7, 11) is -4.54. The van der Waals surface area contributed by atoms with Crippen molar-refractivity contribution < 1.29 is 4.57 Å². The molecule has 2 nitrogen and oxygen atoms in total. The molecule has 25 heavy (non-hydrogen) atoms. The molecule has 0 aliphatic heterocycles. The van der Waals surface area contributed by atoms with Crippen LogP contribution in [-0.2, 0) is 4.57 Å². The predicted octanol–water partition coefficient (Wildman–Crippen LogP) is 5.01. The van der Waals surface area contributed by atoms with E-state index in [0.29, 0.717) is 15.3 Å². The molecule has 0 saturated carbocycles. The van der Waals surface area contributed by atoms with Crippen molar-refractivity contribution in [3.63, 3.8) is 0 Å². The lowest BCUT2D eigenvalue weighted by Gasteiger charge is -2.26. The lowest BCUT2D eigenvalue weighted by molar-refractivity contribution is 0.592. The van der Waals surface area contributed by atoms with E-state index in [-0.39, 0.29) is 0 Å². The van der Waals surface area contributed by atoms with Gasteiger partial charge in [-0.25, -0.2) is 0 Å². The van der Waals surface area contributed by atoms with E-state index in [0.717, 1.165) is 4.90 Å². The van der Waals surface area contributed by atoms with Gasteiger partial charge in [-0.3, -0.25) is 0 Å². The van der Waals surface area contributed by atoms with Crippen molar-refractivity contribution in [1.82, 2.24) is 0 Å². The van der Waals surface area contributed by atoms with Gasteiger partial charge in [0.1, 0.15) is 5.40 Å². The summed E-state index contributed by atoms with van der Waals surface area (Å²) in [6.07, 6.45) is 0. The third kappa shape index (κ3) is 3.33. The lowest BCUT2D eigenvalue weighted by atomic mass is 10.4. The molecule has 124 valence electrons. The molecule has 0 aliphatic rings. The van der Waals surface area contributed by atoms with Crippen LogP contribution in [0, 0.1) is 10.7 Å². The topological polar surface area (TPSA) is 40.9 Å². The fourth-order valence-corrected chi connectivity index (χ4v) is 8.08. The maximum Gasteiger partial charge on any atom is 0.175 e. The second kappa shape index (κ2) is 7.57. The minimum atomic E-state index is -3.14. The van der Waals surface area contributed by atoms with Gasteiger partial charge in [0.05, 0.1) is 0 Å². The summed E-state index contributed by atoms with van der Waals surface area (Å²) in [4.78, 5) is 0.872. The molecule has 0 radical (unpaired) electrons. The monoisotopic (exact) mass is 363 g/mol. The fourth-order valence-electron chi connectivity index (χ4n) is 2.71. The average molecular weight is 363 g/mol. The van der Waals surface area contributed by atoms with E-state index in [1.807, 2.05) is 91.0 Å². The van der Waals surface area contributed by atoms with Crippen molar-refractivity contribution in [2.75, 3.05) is 0 Å². The van der Waals surface area contributed by atoms with Gasteiger partial charge in [-0.2, -0.15) is 5.26 Å². The molecule has 0 heterocycles.